The van der Waals surface area contributed by atoms with Crippen molar-refractivity contribution in [1.29, 1.82) is 0 Å². The fourth-order valence-electron chi connectivity index (χ4n) is 3.00. The lowest BCUT2D eigenvalue weighted by Gasteiger charge is -2.23. The molecule has 3 N–H and O–H groups in total. The van der Waals surface area contributed by atoms with Gasteiger partial charge in [0.25, 0.3) is 0 Å². The van der Waals surface area contributed by atoms with Crippen LogP contribution in [0.3, 0.4) is 0 Å². The Hall–Kier alpha value is -1.93. The first-order chi connectivity index (χ1) is 12.7. The summed E-state index contributed by atoms with van der Waals surface area (Å²) < 4.78 is 27.9. The molecule has 1 fully saturated rings. The molecule has 1 aliphatic heterocycles. The van der Waals surface area contributed by atoms with Gasteiger partial charge in [-0.3, -0.25) is 9.59 Å². The van der Waals surface area contributed by atoms with Crippen LogP contribution in [0.4, 0.5) is 0 Å². The molecular formula is C19H29N3O4S. The molecule has 8 heteroatoms. The molecule has 1 aromatic carbocycles. The normalized spacial score (nSPS) is 19.3. The van der Waals surface area contributed by atoms with Crippen LogP contribution in [0.2, 0.25) is 0 Å². The zero-order chi connectivity index (χ0) is 20.0. The van der Waals surface area contributed by atoms with Crippen molar-refractivity contribution in [3.05, 3.63) is 29.8 Å². The first-order valence-electron chi connectivity index (χ1n) is 9.36. The number of rotatable bonds is 7. The molecule has 27 heavy (non-hydrogen) atoms. The van der Waals surface area contributed by atoms with Crippen molar-refractivity contribution in [3.63, 3.8) is 0 Å². The molecule has 2 amide bonds. The van der Waals surface area contributed by atoms with Gasteiger partial charge >= 0.3 is 0 Å². The van der Waals surface area contributed by atoms with Crippen molar-refractivity contribution >= 4 is 21.8 Å². The topological polar surface area (TPSA) is 104 Å². The number of sulfonamides is 1. The molecule has 1 aliphatic rings. The number of benzene rings is 1. The van der Waals surface area contributed by atoms with Crippen LogP contribution >= 0.6 is 0 Å². The van der Waals surface area contributed by atoms with Gasteiger partial charge in [-0.2, -0.15) is 4.72 Å². The van der Waals surface area contributed by atoms with E-state index in [-0.39, 0.29) is 16.7 Å². The number of hydrogen-bond acceptors (Lipinski definition) is 4. The van der Waals surface area contributed by atoms with E-state index < -0.39 is 28.0 Å². The number of carbonyl (C=O) groups excluding carboxylic acids is 2. The summed E-state index contributed by atoms with van der Waals surface area (Å²) in [4.78, 5) is 24.9. The van der Waals surface area contributed by atoms with Gasteiger partial charge in [-0.15, -0.1) is 0 Å². The Morgan fingerprint density at radius 1 is 1.22 bits per heavy atom. The summed E-state index contributed by atoms with van der Waals surface area (Å²) in [6, 6.07) is 4.89. The first-order valence-corrected chi connectivity index (χ1v) is 10.8. The van der Waals surface area contributed by atoms with E-state index in [0.717, 1.165) is 18.4 Å². The van der Waals surface area contributed by atoms with Crippen LogP contribution in [-0.4, -0.2) is 38.9 Å². The molecule has 2 rings (SSSR count). The van der Waals surface area contributed by atoms with E-state index in [0.29, 0.717) is 19.4 Å². The number of aryl methyl sites for hydroxylation is 1. The van der Waals surface area contributed by atoms with Crippen LogP contribution in [0, 0.1) is 12.8 Å². The van der Waals surface area contributed by atoms with Crippen molar-refractivity contribution in [2.24, 2.45) is 5.92 Å². The summed E-state index contributed by atoms with van der Waals surface area (Å²) in [6.07, 6.45) is 2.59. The molecule has 1 aromatic rings. The average Bonchev–Trinajstić information content (AvgIpc) is 2.78. The first kappa shape index (κ1) is 21.4. The van der Waals surface area contributed by atoms with Gasteiger partial charge in [0.05, 0.1) is 4.90 Å². The lowest BCUT2D eigenvalue weighted by Crippen LogP contribution is -2.53. The van der Waals surface area contributed by atoms with Gasteiger partial charge in [0.2, 0.25) is 21.8 Å². The van der Waals surface area contributed by atoms with E-state index in [1.807, 2.05) is 20.8 Å². The summed E-state index contributed by atoms with van der Waals surface area (Å²) in [5.41, 5.74) is 0.949. The Labute approximate surface area is 161 Å². The summed E-state index contributed by atoms with van der Waals surface area (Å²) in [7, 11) is -3.84. The van der Waals surface area contributed by atoms with E-state index in [1.165, 1.54) is 12.1 Å². The number of nitrogens with one attached hydrogen (secondary N) is 3. The second-order valence-electron chi connectivity index (χ2n) is 7.46. The largest absolute Gasteiger partial charge is 0.354 e. The van der Waals surface area contributed by atoms with Crippen LogP contribution in [-0.2, 0) is 19.6 Å². The Balaban J connectivity index is 2.14. The molecule has 150 valence electrons. The van der Waals surface area contributed by atoms with Gasteiger partial charge < -0.3 is 10.6 Å². The minimum Gasteiger partial charge on any atom is -0.354 e. The quantitative estimate of drug-likeness (QED) is 0.650. The highest BCUT2D eigenvalue weighted by Crippen LogP contribution is 2.14. The van der Waals surface area contributed by atoms with E-state index in [4.69, 9.17) is 0 Å². The number of hydrogen-bond donors (Lipinski definition) is 3. The number of amides is 2. The minimum absolute atomic E-state index is 0.101. The highest BCUT2D eigenvalue weighted by molar-refractivity contribution is 7.89. The fourth-order valence-corrected chi connectivity index (χ4v) is 4.21. The van der Waals surface area contributed by atoms with Gasteiger partial charge in [0.1, 0.15) is 12.1 Å². The van der Waals surface area contributed by atoms with E-state index in [2.05, 4.69) is 15.4 Å². The second-order valence-corrected chi connectivity index (χ2v) is 9.18. The SMILES string of the molecule is Cc1ccc(S(=O)(=O)N[C@H](CC(C)C)C(=O)N[C@H]2CCCCNC2=O)cc1. The molecule has 1 heterocycles. The molecule has 0 radical (unpaired) electrons. The van der Waals surface area contributed by atoms with Crippen LogP contribution < -0.4 is 15.4 Å². The van der Waals surface area contributed by atoms with Crippen molar-refractivity contribution < 1.29 is 18.0 Å². The Morgan fingerprint density at radius 3 is 2.52 bits per heavy atom. The molecule has 0 aliphatic carbocycles. The fraction of sp³-hybridized carbons (Fsp3) is 0.579. The maximum atomic E-state index is 12.7. The summed E-state index contributed by atoms with van der Waals surface area (Å²) in [5, 5.41) is 5.49. The third-order valence-corrected chi connectivity index (χ3v) is 5.99. The van der Waals surface area contributed by atoms with E-state index in [1.54, 1.807) is 12.1 Å². The molecule has 2 atom stereocenters. The summed E-state index contributed by atoms with van der Waals surface area (Å²) >= 11 is 0. The summed E-state index contributed by atoms with van der Waals surface area (Å²) in [5.74, 6) is -0.587. The lowest BCUT2D eigenvalue weighted by molar-refractivity contribution is -0.129. The van der Waals surface area contributed by atoms with Crippen molar-refractivity contribution in [2.45, 2.75) is 63.4 Å². The van der Waals surface area contributed by atoms with Gasteiger partial charge in [0, 0.05) is 6.54 Å². The highest BCUT2D eigenvalue weighted by atomic mass is 32.2. The van der Waals surface area contributed by atoms with Gasteiger partial charge in [-0.1, -0.05) is 31.5 Å². The Morgan fingerprint density at radius 2 is 1.89 bits per heavy atom. The minimum atomic E-state index is -3.84. The Kier molecular flexibility index (Phi) is 7.38. The molecule has 0 bridgehead atoms. The standard InChI is InChI=1S/C19H29N3O4S/c1-13(2)12-17(19(24)21-16-6-4-5-11-20-18(16)23)22-27(25,26)15-9-7-14(3)8-10-15/h7-10,13,16-17,22H,4-6,11-12H2,1-3H3,(H,20,23)(H,21,24)/t16-,17+/m0/s1. The van der Waals surface area contributed by atoms with E-state index >= 15 is 0 Å². The predicted octanol–water partition coefficient (Wildman–Crippen LogP) is 1.47. The predicted molar refractivity (Wildman–Crippen MR) is 104 cm³/mol. The molecule has 0 spiro atoms. The third kappa shape index (κ3) is 6.32. The van der Waals surface area contributed by atoms with Crippen LogP contribution in [0.15, 0.2) is 29.2 Å². The maximum absolute atomic E-state index is 12.7. The van der Waals surface area contributed by atoms with Gasteiger partial charge in [-0.05, 0) is 50.7 Å². The van der Waals surface area contributed by atoms with Crippen molar-refractivity contribution in [1.82, 2.24) is 15.4 Å². The smallest absolute Gasteiger partial charge is 0.242 e. The highest BCUT2D eigenvalue weighted by Gasteiger charge is 2.30. The van der Waals surface area contributed by atoms with Crippen LogP contribution in [0.1, 0.15) is 45.1 Å². The monoisotopic (exact) mass is 395 g/mol. The molecule has 1 saturated heterocycles. The van der Waals surface area contributed by atoms with Crippen molar-refractivity contribution in [2.75, 3.05) is 6.54 Å². The molecule has 0 unspecified atom stereocenters. The molecule has 0 saturated carbocycles. The Bertz CT molecular complexity index is 760. The summed E-state index contributed by atoms with van der Waals surface area (Å²) in [6.45, 7) is 6.30. The van der Waals surface area contributed by atoms with Crippen LogP contribution in [0.25, 0.3) is 0 Å². The molecule has 0 aromatic heterocycles. The third-order valence-electron chi connectivity index (χ3n) is 4.50. The average molecular weight is 396 g/mol. The van der Waals surface area contributed by atoms with Gasteiger partial charge in [-0.25, -0.2) is 8.42 Å². The zero-order valence-corrected chi connectivity index (χ0v) is 16.9. The molecule has 7 nitrogen and oxygen atoms in total. The number of carbonyl (C=O) groups is 2. The molecular weight excluding hydrogens is 366 g/mol. The lowest BCUT2D eigenvalue weighted by atomic mass is 10.0. The maximum Gasteiger partial charge on any atom is 0.242 e. The zero-order valence-electron chi connectivity index (χ0n) is 16.1. The van der Waals surface area contributed by atoms with Crippen LogP contribution in [0.5, 0.6) is 0 Å². The second kappa shape index (κ2) is 9.32. The van der Waals surface area contributed by atoms with Crippen molar-refractivity contribution in [3.8, 4) is 0 Å². The van der Waals surface area contributed by atoms with Gasteiger partial charge in [0.15, 0.2) is 0 Å². The van der Waals surface area contributed by atoms with E-state index in [9.17, 15) is 18.0 Å².